The molecule has 0 radical (unpaired) electrons. The van der Waals surface area contributed by atoms with Crippen molar-refractivity contribution in [2.24, 2.45) is 17.8 Å². The molecule has 4 aliphatic carbocycles. The Hall–Kier alpha value is -0.960. The SMILES string of the molecule is c1nc2c(c(C34CC5CC(CC(C5)C3)C4)n1)CNC2. The van der Waals surface area contributed by atoms with Crippen LogP contribution in [0.4, 0.5) is 0 Å². The second-order valence-electron chi connectivity index (χ2n) is 7.45. The molecule has 5 aliphatic rings. The van der Waals surface area contributed by atoms with Crippen LogP contribution in [0.25, 0.3) is 0 Å². The first kappa shape index (κ1) is 10.8. The molecule has 0 amide bonds. The maximum Gasteiger partial charge on any atom is 0.116 e. The fourth-order valence-corrected chi connectivity index (χ4v) is 5.95. The fourth-order valence-electron chi connectivity index (χ4n) is 5.95. The van der Waals surface area contributed by atoms with Gasteiger partial charge in [0.05, 0.1) is 11.4 Å². The quantitative estimate of drug-likeness (QED) is 0.838. The van der Waals surface area contributed by atoms with Crippen LogP contribution in [0.15, 0.2) is 6.33 Å². The first-order valence-electron chi connectivity index (χ1n) is 7.86. The van der Waals surface area contributed by atoms with Crippen molar-refractivity contribution in [3.63, 3.8) is 0 Å². The van der Waals surface area contributed by atoms with E-state index in [0.717, 1.165) is 30.8 Å². The molecular formula is C16H21N3. The average molecular weight is 255 g/mol. The van der Waals surface area contributed by atoms with Gasteiger partial charge in [-0.25, -0.2) is 9.97 Å². The minimum atomic E-state index is 0.424. The first-order valence-corrected chi connectivity index (χ1v) is 7.86. The lowest BCUT2D eigenvalue weighted by Gasteiger charge is -2.56. The third kappa shape index (κ3) is 1.42. The molecule has 100 valence electrons. The summed E-state index contributed by atoms with van der Waals surface area (Å²) >= 11 is 0. The topological polar surface area (TPSA) is 37.8 Å². The Labute approximate surface area is 114 Å². The lowest BCUT2D eigenvalue weighted by molar-refractivity contribution is -0.00768. The highest BCUT2D eigenvalue weighted by molar-refractivity contribution is 5.35. The van der Waals surface area contributed by atoms with Gasteiger partial charge in [-0.3, -0.25) is 0 Å². The predicted molar refractivity (Wildman–Crippen MR) is 72.4 cm³/mol. The zero-order valence-corrected chi connectivity index (χ0v) is 11.4. The number of hydrogen-bond acceptors (Lipinski definition) is 3. The van der Waals surface area contributed by atoms with Crippen molar-refractivity contribution in [3.8, 4) is 0 Å². The fraction of sp³-hybridized carbons (Fsp3) is 0.750. The van der Waals surface area contributed by atoms with E-state index in [-0.39, 0.29) is 0 Å². The van der Waals surface area contributed by atoms with Gasteiger partial charge in [0.1, 0.15) is 6.33 Å². The molecule has 4 bridgehead atoms. The summed E-state index contributed by atoms with van der Waals surface area (Å²) in [5.74, 6) is 2.98. The molecule has 0 aromatic carbocycles. The van der Waals surface area contributed by atoms with Crippen molar-refractivity contribution in [3.05, 3.63) is 23.3 Å². The van der Waals surface area contributed by atoms with Crippen LogP contribution in [0, 0.1) is 17.8 Å². The molecule has 3 nitrogen and oxygen atoms in total. The summed E-state index contributed by atoms with van der Waals surface area (Å²) in [6.07, 6.45) is 10.5. The molecule has 1 aromatic rings. The monoisotopic (exact) mass is 255 g/mol. The summed E-state index contributed by atoms with van der Waals surface area (Å²) in [4.78, 5) is 9.26. The molecular weight excluding hydrogens is 234 g/mol. The Bertz CT molecular complexity index is 502. The normalized spacial score (nSPS) is 42.6. The van der Waals surface area contributed by atoms with E-state index in [9.17, 15) is 0 Å². The molecule has 0 saturated heterocycles. The number of fused-ring (bicyclic) bond motifs is 1. The number of rotatable bonds is 1. The van der Waals surface area contributed by atoms with Crippen LogP contribution >= 0.6 is 0 Å². The van der Waals surface area contributed by atoms with Crippen molar-refractivity contribution in [1.82, 2.24) is 15.3 Å². The second-order valence-corrected chi connectivity index (χ2v) is 7.45. The molecule has 19 heavy (non-hydrogen) atoms. The smallest absolute Gasteiger partial charge is 0.116 e. The Morgan fingerprint density at radius 1 is 0.947 bits per heavy atom. The summed E-state index contributed by atoms with van der Waals surface area (Å²) < 4.78 is 0. The summed E-state index contributed by atoms with van der Waals surface area (Å²) in [7, 11) is 0. The molecule has 3 heteroatoms. The van der Waals surface area contributed by atoms with E-state index in [2.05, 4.69) is 10.3 Å². The van der Waals surface area contributed by atoms with Gasteiger partial charge < -0.3 is 5.32 Å². The van der Waals surface area contributed by atoms with Crippen molar-refractivity contribution in [2.45, 2.75) is 57.0 Å². The minimum Gasteiger partial charge on any atom is -0.307 e. The van der Waals surface area contributed by atoms with Crippen LogP contribution in [0.1, 0.15) is 55.5 Å². The second kappa shape index (κ2) is 3.57. The first-order chi connectivity index (χ1) is 9.32. The van der Waals surface area contributed by atoms with Crippen LogP contribution in [-0.2, 0) is 18.5 Å². The highest BCUT2D eigenvalue weighted by Crippen LogP contribution is 2.60. The molecule has 4 fully saturated rings. The van der Waals surface area contributed by atoms with Crippen molar-refractivity contribution in [1.29, 1.82) is 0 Å². The Kier molecular flexibility index (Phi) is 2.03. The van der Waals surface area contributed by atoms with Crippen LogP contribution < -0.4 is 5.32 Å². The number of aromatic nitrogens is 2. The molecule has 1 aromatic heterocycles. The maximum atomic E-state index is 4.79. The Morgan fingerprint density at radius 3 is 2.32 bits per heavy atom. The largest absolute Gasteiger partial charge is 0.307 e. The molecule has 4 saturated carbocycles. The molecule has 0 spiro atoms. The third-order valence-electron chi connectivity index (χ3n) is 6.17. The summed E-state index contributed by atoms with van der Waals surface area (Å²) in [6, 6.07) is 0. The highest BCUT2D eigenvalue weighted by atomic mass is 15.0. The molecule has 0 unspecified atom stereocenters. The maximum absolute atomic E-state index is 4.79. The van der Waals surface area contributed by atoms with Crippen LogP contribution in [0.3, 0.4) is 0 Å². The van der Waals surface area contributed by atoms with Gasteiger partial charge in [0.25, 0.3) is 0 Å². The molecule has 2 heterocycles. The summed E-state index contributed by atoms with van der Waals surface area (Å²) in [5, 5.41) is 3.46. The van der Waals surface area contributed by atoms with Gasteiger partial charge in [0.2, 0.25) is 0 Å². The molecule has 1 aliphatic heterocycles. The average Bonchev–Trinajstić information content (AvgIpc) is 2.84. The Balaban J connectivity index is 1.64. The van der Waals surface area contributed by atoms with Crippen LogP contribution in [-0.4, -0.2) is 9.97 Å². The van der Waals surface area contributed by atoms with Gasteiger partial charge in [-0.15, -0.1) is 0 Å². The van der Waals surface area contributed by atoms with E-state index in [1.54, 1.807) is 0 Å². The minimum absolute atomic E-state index is 0.424. The van der Waals surface area contributed by atoms with E-state index in [0.29, 0.717) is 5.41 Å². The molecule has 6 rings (SSSR count). The van der Waals surface area contributed by atoms with E-state index < -0.39 is 0 Å². The number of nitrogens with one attached hydrogen (secondary N) is 1. The predicted octanol–water partition coefficient (Wildman–Crippen LogP) is 2.55. The van der Waals surface area contributed by atoms with Gasteiger partial charge in [-0.05, 0) is 56.3 Å². The Morgan fingerprint density at radius 2 is 1.63 bits per heavy atom. The number of hydrogen-bond donors (Lipinski definition) is 1. The van der Waals surface area contributed by atoms with Gasteiger partial charge in [0.15, 0.2) is 0 Å². The van der Waals surface area contributed by atoms with E-state index in [1.165, 1.54) is 55.5 Å². The van der Waals surface area contributed by atoms with Gasteiger partial charge in [-0.2, -0.15) is 0 Å². The third-order valence-corrected chi connectivity index (χ3v) is 6.17. The number of nitrogens with zero attached hydrogens (tertiary/aromatic N) is 2. The lowest BCUT2D eigenvalue weighted by atomic mass is 9.48. The van der Waals surface area contributed by atoms with E-state index in [4.69, 9.17) is 4.98 Å². The van der Waals surface area contributed by atoms with Gasteiger partial charge >= 0.3 is 0 Å². The van der Waals surface area contributed by atoms with Crippen molar-refractivity contribution < 1.29 is 0 Å². The summed E-state index contributed by atoms with van der Waals surface area (Å²) in [6.45, 7) is 1.93. The standard InChI is InChI=1S/C16H21N3/c1-10-2-12-3-11(1)5-16(4-10,6-12)15-13-7-17-8-14(13)18-9-19-15/h9-12,17H,1-8H2. The molecule has 0 atom stereocenters. The lowest BCUT2D eigenvalue weighted by Crippen LogP contribution is -2.49. The van der Waals surface area contributed by atoms with Gasteiger partial charge in [0, 0.05) is 24.1 Å². The van der Waals surface area contributed by atoms with E-state index in [1.807, 2.05) is 6.33 Å². The highest BCUT2D eigenvalue weighted by Gasteiger charge is 2.53. The van der Waals surface area contributed by atoms with Crippen molar-refractivity contribution in [2.75, 3.05) is 0 Å². The molecule has 1 N–H and O–H groups in total. The zero-order valence-electron chi connectivity index (χ0n) is 11.4. The van der Waals surface area contributed by atoms with Crippen LogP contribution in [0.5, 0.6) is 0 Å². The van der Waals surface area contributed by atoms with Crippen LogP contribution in [0.2, 0.25) is 0 Å². The van der Waals surface area contributed by atoms with Gasteiger partial charge in [-0.1, -0.05) is 0 Å². The van der Waals surface area contributed by atoms with E-state index >= 15 is 0 Å². The zero-order chi connectivity index (χ0) is 12.4. The summed E-state index contributed by atoms with van der Waals surface area (Å²) in [5.41, 5.74) is 4.57. The van der Waals surface area contributed by atoms with Crippen molar-refractivity contribution >= 4 is 0 Å².